The molecule has 1 aromatic heterocycles. The zero-order chi connectivity index (χ0) is 15.6. The van der Waals surface area contributed by atoms with Crippen molar-refractivity contribution in [1.82, 2.24) is 4.98 Å². The second kappa shape index (κ2) is 6.13. The number of hydrogen-bond donors (Lipinski definition) is 2. The molecule has 2 aromatic rings. The summed E-state index contributed by atoms with van der Waals surface area (Å²) in [6.07, 6.45) is 1.16. The molecule has 0 saturated heterocycles. The molecule has 0 fully saturated rings. The van der Waals surface area contributed by atoms with Crippen molar-refractivity contribution in [3.8, 4) is 0 Å². The lowest BCUT2D eigenvalue weighted by atomic mass is 10.2. The van der Waals surface area contributed by atoms with Crippen LogP contribution in [0.5, 0.6) is 0 Å². The van der Waals surface area contributed by atoms with E-state index in [1.54, 1.807) is 0 Å². The molecule has 8 heteroatoms. The predicted molar refractivity (Wildman–Crippen MR) is 72.7 cm³/mol. The summed E-state index contributed by atoms with van der Waals surface area (Å²) in [7, 11) is 0. The molecule has 0 aliphatic carbocycles. The number of aromatic nitrogens is 1. The van der Waals surface area contributed by atoms with Gasteiger partial charge in [0.2, 0.25) is 0 Å². The maximum Gasteiger partial charge on any atom is 0.347 e. The van der Waals surface area contributed by atoms with Gasteiger partial charge in [0.1, 0.15) is 4.88 Å². The molecular formula is C13H11F3N2O2S. The first kappa shape index (κ1) is 15.3. The molecule has 0 atom stereocenters. The Morgan fingerprint density at radius 2 is 2.05 bits per heavy atom. The lowest BCUT2D eigenvalue weighted by Gasteiger charge is -2.05. The molecule has 2 N–H and O–H groups in total. The van der Waals surface area contributed by atoms with E-state index >= 15 is 0 Å². The Morgan fingerprint density at radius 1 is 1.33 bits per heavy atom. The molecule has 112 valence electrons. The average molecular weight is 316 g/mol. The zero-order valence-electron chi connectivity index (χ0n) is 10.9. The summed E-state index contributed by atoms with van der Waals surface area (Å²) in [6, 6.07) is 1.80. The van der Waals surface area contributed by atoms with Crippen molar-refractivity contribution in [3.63, 3.8) is 0 Å². The van der Waals surface area contributed by atoms with Crippen molar-refractivity contribution in [2.45, 2.75) is 19.8 Å². The van der Waals surface area contributed by atoms with Crippen molar-refractivity contribution in [2.75, 3.05) is 5.32 Å². The molecule has 0 amide bonds. The summed E-state index contributed by atoms with van der Waals surface area (Å²) in [5.74, 6) is -5.40. The van der Waals surface area contributed by atoms with Gasteiger partial charge >= 0.3 is 5.97 Å². The molecule has 0 spiro atoms. The van der Waals surface area contributed by atoms with Crippen molar-refractivity contribution in [3.05, 3.63) is 40.2 Å². The highest BCUT2D eigenvalue weighted by Gasteiger charge is 2.19. The summed E-state index contributed by atoms with van der Waals surface area (Å²) >= 11 is 0.817. The summed E-state index contributed by atoms with van der Waals surface area (Å²) in [4.78, 5) is 15.2. The molecule has 1 aromatic carbocycles. The van der Waals surface area contributed by atoms with Gasteiger partial charge in [-0.25, -0.2) is 22.9 Å². The lowest BCUT2D eigenvalue weighted by Crippen LogP contribution is -1.99. The van der Waals surface area contributed by atoms with E-state index in [0.29, 0.717) is 18.5 Å². The van der Waals surface area contributed by atoms with E-state index in [4.69, 9.17) is 5.11 Å². The van der Waals surface area contributed by atoms with Crippen LogP contribution in [-0.4, -0.2) is 16.1 Å². The van der Waals surface area contributed by atoms with Crippen LogP contribution in [0.2, 0.25) is 0 Å². The van der Waals surface area contributed by atoms with Crippen molar-refractivity contribution in [2.24, 2.45) is 0 Å². The number of nitrogens with one attached hydrogen (secondary N) is 1. The fourth-order valence-electron chi connectivity index (χ4n) is 1.72. The Bertz CT molecular complexity index is 688. The number of halogens is 3. The second-order valence-electron chi connectivity index (χ2n) is 4.20. The highest BCUT2D eigenvalue weighted by molar-refractivity contribution is 7.17. The Kier molecular flexibility index (Phi) is 4.46. The maximum atomic E-state index is 13.5. The summed E-state index contributed by atoms with van der Waals surface area (Å²) in [6.45, 7) is 1.87. The third-order valence-corrected chi connectivity index (χ3v) is 3.66. The van der Waals surface area contributed by atoms with Gasteiger partial charge in [-0.15, -0.1) is 0 Å². The number of benzene rings is 1. The zero-order valence-corrected chi connectivity index (χ0v) is 11.7. The van der Waals surface area contributed by atoms with Crippen LogP contribution >= 0.6 is 11.3 Å². The first-order valence-electron chi connectivity index (χ1n) is 6.07. The van der Waals surface area contributed by atoms with Crippen LogP contribution in [0.1, 0.15) is 28.7 Å². The summed E-state index contributed by atoms with van der Waals surface area (Å²) in [5, 5.41) is 11.7. The van der Waals surface area contributed by atoms with E-state index < -0.39 is 23.4 Å². The number of anilines is 2. The minimum atomic E-state index is -1.59. The standard InChI is InChI=1S/C13H11F3N2O2S/c1-2-3-8-11(12(19)20)21-13(18-8)17-7-5-4-6(14)9(15)10(7)16/h4-5H,2-3H2,1H3,(H,17,18)(H,19,20). The van der Waals surface area contributed by atoms with E-state index in [2.05, 4.69) is 10.3 Å². The number of nitrogens with zero attached hydrogens (tertiary/aromatic N) is 1. The van der Waals surface area contributed by atoms with Crippen LogP contribution in [0.25, 0.3) is 0 Å². The monoisotopic (exact) mass is 316 g/mol. The Morgan fingerprint density at radius 3 is 2.67 bits per heavy atom. The predicted octanol–water partition coefficient (Wildman–Crippen LogP) is 3.95. The molecular weight excluding hydrogens is 305 g/mol. The van der Waals surface area contributed by atoms with Crippen LogP contribution in [0.4, 0.5) is 24.0 Å². The third kappa shape index (κ3) is 3.15. The van der Waals surface area contributed by atoms with Gasteiger partial charge in [0.05, 0.1) is 11.4 Å². The van der Waals surface area contributed by atoms with Gasteiger partial charge in [-0.05, 0) is 18.6 Å². The number of rotatable bonds is 5. The first-order chi connectivity index (χ1) is 9.93. The van der Waals surface area contributed by atoms with Crippen molar-refractivity contribution in [1.29, 1.82) is 0 Å². The van der Waals surface area contributed by atoms with Gasteiger partial charge in [-0.2, -0.15) is 0 Å². The molecule has 4 nitrogen and oxygen atoms in total. The maximum absolute atomic E-state index is 13.5. The van der Waals surface area contributed by atoms with Crippen molar-refractivity contribution < 1.29 is 23.1 Å². The van der Waals surface area contributed by atoms with E-state index in [0.717, 1.165) is 23.5 Å². The molecule has 0 bridgehead atoms. The van der Waals surface area contributed by atoms with E-state index in [1.807, 2.05) is 6.92 Å². The van der Waals surface area contributed by atoms with Crippen LogP contribution < -0.4 is 5.32 Å². The van der Waals surface area contributed by atoms with Crippen LogP contribution in [0.3, 0.4) is 0 Å². The smallest absolute Gasteiger partial charge is 0.347 e. The average Bonchev–Trinajstić information content (AvgIpc) is 2.83. The van der Waals surface area contributed by atoms with Crippen LogP contribution in [-0.2, 0) is 6.42 Å². The van der Waals surface area contributed by atoms with Crippen molar-refractivity contribution >= 4 is 28.1 Å². The highest BCUT2D eigenvalue weighted by Crippen LogP contribution is 2.29. The fourth-order valence-corrected chi connectivity index (χ4v) is 2.58. The Balaban J connectivity index is 2.34. The largest absolute Gasteiger partial charge is 0.477 e. The fraction of sp³-hybridized carbons (Fsp3) is 0.231. The number of carboxylic acid groups (broad SMARTS) is 1. The van der Waals surface area contributed by atoms with Crippen LogP contribution in [0, 0.1) is 17.5 Å². The number of carbonyl (C=O) groups is 1. The highest BCUT2D eigenvalue weighted by atomic mass is 32.1. The summed E-state index contributed by atoms with van der Waals surface area (Å²) < 4.78 is 39.5. The normalized spacial score (nSPS) is 10.7. The van der Waals surface area contributed by atoms with Crippen LogP contribution in [0.15, 0.2) is 12.1 Å². The Labute approximate surface area is 122 Å². The van der Waals surface area contributed by atoms with Gasteiger partial charge < -0.3 is 10.4 Å². The minimum Gasteiger partial charge on any atom is -0.477 e. The second-order valence-corrected chi connectivity index (χ2v) is 5.20. The van der Waals surface area contributed by atoms with Gasteiger partial charge in [-0.3, -0.25) is 0 Å². The van der Waals surface area contributed by atoms with Gasteiger partial charge in [0, 0.05) is 0 Å². The molecule has 0 unspecified atom stereocenters. The number of hydrogen-bond acceptors (Lipinski definition) is 4. The molecule has 0 saturated carbocycles. The third-order valence-electron chi connectivity index (χ3n) is 2.66. The number of carboxylic acids is 1. The quantitative estimate of drug-likeness (QED) is 0.820. The Hall–Kier alpha value is -2.09. The molecule has 0 radical (unpaired) electrons. The van der Waals surface area contributed by atoms with Gasteiger partial charge in [-0.1, -0.05) is 24.7 Å². The topological polar surface area (TPSA) is 62.2 Å². The minimum absolute atomic E-state index is 0.0438. The van der Waals surface area contributed by atoms with E-state index in [-0.39, 0.29) is 15.7 Å². The van der Waals surface area contributed by atoms with Gasteiger partial charge in [0.15, 0.2) is 22.6 Å². The number of thiazole rings is 1. The summed E-state index contributed by atoms with van der Waals surface area (Å²) in [5.41, 5.74) is 0.0723. The molecule has 1 heterocycles. The van der Waals surface area contributed by atoms with E-state index in [1.165, 1.54) is 0 Å². The molecule has 2 rings (SSSR count). The molecule has 0 aliphatic heterocycles. The SMILES string of the molecule is CCCc1nc(Nc2ccc(F)c(F)c2F)sc1C(=O)O. The molecule has 21 heavy (non-hydrogen) atoms. The number of aromatic carboxylic acids is 1. The first-order valence-corrected chi connectivity index (χ1v) is 6.89. The van der Waals surface area contributed by atoms with E-state index in [9.17, 15) is 18.0 Å². The molecule has 0 aliphatic rings. The van der Waals surface area contributed by atoms with Gasteiger partial charge in [0.25, 0.3) is 0 Å². The number of aryl methyl sites for hydroxylation is 1. The lowest BCUT2D eigenvalue weighted by molar-refractivity contribution is 0.0700.